The van der Waals surface area contributed by atoms with Gasteiger partial charge in [0.25, 0.3) is 5.91 Å². The van der Waals surface area contributed by atoms with Crippen LogP contribution in [0.2, 0.25) is 0 Å². The molecule has 7 nitrogen and oxygen atoms in total. The fourth-order valence-corrected chi connectivity index (χ4v) is 3.53. The lowest BCUT2D eigenvalue weighted by Crippen LogP contribution is -2.39. The van der Waals surface area contributed by atoms with E-state index in [1.54, 1.807) is 29.2 Å². The third kappa shape index (κ3) is 4.15. The Morgan fingerprint density at radius 3 is 2.46 bits per heavy atom. The summed E-state index contributed by atoms with van der Waals surface area (Å²) in [6, 6.07) is 6.70. The molecule has 26 heavy (non-hydrogen) atoms. The highest BCUT2D eigenvalue weighted by atomic mass is 16.5. The fourth-order valence-electron chi connectivity index (χ4n) is 3.53. The smallest absolute Gasteiger partial charge is 0.308 e. The largest absolute Gasteiger partial charge is 0.494 e. The summed E-state index contributed by atoms with van der Waals surface area (Å²) < 4.78 is 5.33. The van der Waals surface area contributed by atoms with Crippen molar-refractivity contribution in [2.45, 2.75) is 19.8 Å². The van der Waals surface area contributed by atoms with Gasteiger partial charge in [-0.05, 0) is 55.9 Å². The average Bonchev–Trinajstić information content (AvgIpc) is 3.38. The lowest BCUT2D eigenvalue weighted by molar-refractivity contribution is -0.142. The number of nitrogens with one attached hydrogen (secondary N) is 1. The number of hydrogen-bond acceptors (Lipinski definition) is 4. The van der Waals surface area contributed by atoms with Crippen LogP contribution in [-0.2, 0) is 9.59 Å². The van der Waals surface area contributed by atoms with Gasteiger partial charge in [0.15, 0.2) is 0 Å². The number of carbonyl (C=O) groups is 3. The van der Waals surface area contributed by atoms with Crippen molar-refractivity contribution in [3.63, 3.8) is 0 Å². The van der Waals surface area contributed by atoms with Gasteiger partial charge in [-0.2, -0.15) is 0 Å². The lowest BCUT2D eigenvalue weighted by atomic mass is 9.92. The van der Waals surface area contributed by atoms with Gasteiger partial charge in [-0.25, -0.2) is 0 Å². The molecule has 2 fully saturated rings. The molecule has 3 rings (SSSR count). The van der Waals surface area contributed by atoms with E-state index in [1.165, 1.54) is 0 Å². The van der Waals surface area contributed by atoms with E-state index in [-0.39, 0.29) is 30.8 Å². The number of carbonyl (C=O) groups excluding carboxylic acids is 2. The van der Waals surface area contributed by atoms with E-state index in [0.29, 0.717) is 30.4 Å². The molecule has 0 radical (unpaired) electrons. The lowest BCUT2D eigenvalue weighted by Gasteiger charge is -2.16. The Morgan fingerprint density at radius 2 is 1.88 bits per heavy atom. The number of rotatable bonds is 7. The van der Waals surface area contributed by atoms with Crippen LogP contribution in [0, 0.1) is 17.8 Å². The molecule has 0 bridgehead atoms. The first-order valence-corrected chi connectivity index (χ1v) is 9.01. The highest BCUT2D eigenvalue weighted by Gasteiger charge is 2.46. The molecule has 2 amide bonds. The molecular formula is C19H24N2O5. The molecule has 1 aromatic rings. The van der Waals surface area contributed by atoms with E-state index in [4.69, 9.17) is 4.74 Å². The van der Waals surface area contributed by atoms with Gasteiger partial charge < -0.3 is 20.1 Å². The van der Waals surface area contributed by atoms with Crippen LogP contribution in [-0.4, -0.2) is 54.0 Å². The topological polar surface area (TPSA) is 95.9 Å². The van der Waals surface area contributed by atoms with Crippen LogP contribution < -0.4 is 10.1 Å². The summed E-state index contributed by atoms with van der Waals surface area (Å²) in [7, 11) is 0. The first kappa shape index (κ1) is 18.2. The van der Waals surface area contributed by atoms with E-state index >= 15 is 0 Å². The average molecular weight is 360 g/mol. The first-order valence-electron chi connectivity index (χ1n) is 9.01. The maximum absolute atomic E-state index is 12.4. The van der Waals surface area contributed by atoms with Crippen LogP contribution in [0.25, 0.3) is 0 Å². The third-order valence-electron chi connectivity index (χ3n) is 5.09. The molecule has 1 aromatic carbocycles. The second-order valence-corrected chi connectivity index (χ2v) is 6.88. The summed E-state index contributed by atoms with van der Waals surface area (Å²) in [6.45, 7) is 3.01. The van der Waals surface area contributed by atoms with E-state index in [2.05, 4.69) is 5.32 Å². The predicted octanol–water partition coefficient (Wildman–Crippen LogP) is 1.38. The number of carboxylic acid groups (broad SMARTS) is 1. The van der Waals surface area contributed by atoms with Gasteiger partial charge in [0.2, 0.25) is 5.91 Å². The highest BCUT2D eigenvalue weighted by Crippen LogP contribution is 2.44. The zero-order valence-electron chi connectivity index (χ0n) is 14.8. The molecule has 2 N–H and O–H groups in total. The minimum Gasteiger partial charge on any atom is -0.494 e. The molecule has 2 aliphatic rings. The summed E-state index contributed by atoms with van der Waals surface area (Å²) in [6.07, 6.45) is 2.09. The van der Waals surface area contributed by atoms with Crippen LogP contribution in [0.5, 0.6) is 5.75 Å². The molecule has 1 aliphatic heterocycles. The molecule has 1 saturated heterocycles. The third-order valence-corrected chi connectivity index (χ3v) is 5.09. The summed E-state index contributed by atoms with van der Waals surface area (Å²) in [5, 5.41) is 12.0. The molecule has 1 heterocycles. The molecule has 1 saturated carbocycles. The van der Waals surface area contributed by atoms with Gasteiger partial charge in [-0.3, -0.25) is 14.4 Å². The molecule has 0 unspecified atom stereocenters. The van der Waals surface area contributed by atoms with Crippen molar-refractivity contribution >= 4 is 17.8 Å². The predicted molar refractivity (Wildman–Crippen MR) is 93.9 cm³/mol. The van der Waals surface area contributed by atoms with Crippen molar-refractivity contribution in [2.24, 2.45) is 17.8 Å². The van der Waals surface area contributed by atoms with Crippen LogP contribution in [0.3, 0.4) is 0 Å². The number of amides is 2. The van der Waals surface area contributed by atoms with E-state index in [9.17, 15) is 19.5 Å². The molecule has 0 spiro atoms. The first-order chi connectivity index (χ1) is 12.5. The maximum Gasteiger partial charge on any atom is 0.308 e. The van der Waals surface area contributed by atoms with E-state index in [1.807, 2.05) is 6.92 Å². The van der Waals surface area contributed by atoms with Gasteiger partial charge in [0, 0.05) is 18.7 Å². The number of ether oxygens (including phenoxy) is 1. The summed E-state index contributed by atoms with van der Waals surface area (Å²) in [5.41, 5.74) is 0.446. The minimum absolute atomic E-state index is 0.0401. The van der Waals surface area contributed by atoms with Gasteiger partial charge in [-0.1, -0.05) is 0 Å². The van der Waals surface area contributed by atoms with Gasteiger partial charge >= 0.3 is 5.97 Å². The standard InChI is InChI=1S/C19H24N2O5/c1-2-26-14-7-5-13(6-8-14)18(23)20-9-17(22)21-10-15(12-3-4-12)16(11-21)19(24)25/h5-8,12,15-16H,2-4,9-11H2,1H3,(H,20,23)(H,24,25)/t15-,16+/m1/s1. The fraction of sp³-hybridized carbons (Fsp3) is 0.526. The van der Waals surface area contributed by atoms with Gasteiger partial charge in [0.1, 0.15) is 5.75 Å². The number of nitrogens with zero attached hydrogens (tertiary/aromatic N) is 1. The minimum atomic E-state index is -0.837. The van der Waals surface area contributed by atoms with E-state index in [0.717, 1.165) is 12.8 Å². The normalized spacial score (nSPS) is 22.1. The molecular weight excluding hydrogens is 336 g/mol. The molecule has 1 aliphatic carbocycles. The quantitative estimate of drug-likeness (QED) is 0.766. The zero-order valence-corrected chi connectivity index (χ0v) is 14.8. The number of likely N-dealkylation sites (tertiary alicyclic amines) is 1. The summed E-state index contributed by atoms with van der Waals surface area (Å²) in [4.78, 5) is 37.5. The van der Waals surface area contributed by atoms with Crippen molar-refractivity contribution in [3.05, 3.63) is 29.8 Å². The molecule has 140 valence electrons. The van der Waals surface area contributed by atoms with Crippen LogP contribution in [0.1, 0.15) is 30.1 Å². The Bertz CT molecular complexity index is 684. The van der Waals surface area contributed by atoms with E-state index < -0.39 is 11.9 Å². The van der Waals surface area contributed by atoms with Crippen molar-refractivity contribution in [1.29, 1.82) is 0 Å². The van der Waals surface area contributed by atoms with Crippen LogP contribution in [0.4, 0.5) is 0 Å². The molecule has 0 aromatic heterocycles. The number of benzene rings is 1. The Morgan fingerprint density at radius 1 is 1.19 bits per heavy atom. The second kappa shape index (κ2) is 7.76. The van der Waals surface area contributed by atoms with Crippen molar-refractivity contribution in [1.82, 2.24) is 10.2 Å². The zero-order chi connectivity index (χ0) is 18.7. The Balaban J connectivity index is 1.52. The SMILES string of the molecule is CCOc1ccc(C(=O)NCC(=O)N2C[C@H](C(=O)O)[C@@H](C3CC3)C2)cc1. The second-order valence-electron chi connectivity index (χ2n) is 6.88. The number of aliphatic carboxylic acids is 1. The molecule has 7 heteroatoms. The Kier molecular flexibility index (Phi) is 5.44. The monoisotopic (exact) mass is 360 g/mol. The van der Waals surface area contributed by atoms with Gasteiger partial charge in [-0.15, -0.1) is 0 Å². The number of hydrogen-bond donors (Lipinski definition) is 2. The van der Waals surface area contributed by atoms with Crippen molar-refractivity contribution in [3.8, 4) is 5.75 Å². The van der Waals surface area contributed by atoms with Crippen molar-refractivity contribution < 1.29 is 24.2 Å². The molecule has 2 atom stereocenters. The Labute approximate surface area is 152 Å². The number of carboxylic acids is 1. The van der Waals surface area contributed by atoms with Crippen molar-refractivity contribution in [2.75, 3.05) is 26.2 Å². The summed E-state index contributed by atoms with van der Waals surface area (Å²) in [5.74, 6) is -0.759. The van der Waals surface area contributed by atoms with Crippen LogP contribution >= 0.6 is 0 Å². The Hall–Kier alpha value is -2.57. The maximum atomic E-state index is 12.4. The van der Waals surface area contributed by atoms with Gasteiger partial charge in [0.05, 0.1) is 19.1 Å². The summed E-state index contributed by atoms with van der Waals surface area (Å²) >= 11 is 0. The van der Waals surface area contributed by atoms with Crippen LogP contribution in [0.15, 0.2) is 24.3 Å². The highest BCUT2D eigenvalue weighted by molar-refractivity contribution is 5.96.